The fourth-order valence-corrected chi connectivity index (χ4v) is 2.03. The average Bonchev–Trinajstić information content (AvgIpc) is 2.87. The standard InChI is InChI=1S/C14H18ClN5O/c1-3-5-16-13-8-10(7-12(15)19-13)14(21)17-9-11-4-6-18-20(11)2/h4,6-8H,3,5,9H2,1-2H3,(H,16,19)(H,17,21). The quantitative estimate of drug-likeness (QED) is 0.803. The van der Waals surface area contributed by atoms with E-state index in [0.29, 0.717) is 23.1 Å². The number of nitrogens with zero attached hydrogens (tertiary/aromatic N) is 3. The van der Waals surface area contributed by atoms with Crippen molar-refractivity contribution in [3.05, 3.63) is 40.8 Å². The number of anilines is 1. The number of carbonyl (C=O) groups is 1. The summed E-state index contributed by atoms with van der Waals surface area (Å²) >= 11 is 5.95. The summed E-state index contributed by atoms with van der Waals surface area (Å²) in [5.74, 6) is 0.412. The highest BCUT2D eigenvalue weighted by Crippen LogP contribution is 2.14. The van der Waals surface area contributed by atoms with Gasteiger partial charge in [0.1, 0.15) is 11.0 Å². The molecule has 0 saturated carbocycles. The summed E-state index contributed by atoms with van der Waals surface area (Å²) in [5, 5.41) is 10.3. The van der Waals surface area contributed by atoms with Crippen molar-refractivity contribution in [3.63, 3.8) is 0 Å². The monoisotopic (exact) mass is 307 g/mol. The van der Waals surface area contributed by atoms with Crippen LogP contribution in [-0.2, 0) is 13.6 Å². The van der Waals surface area contributed by atoms with E-state index in [1.807, 2.05) is 13.1 Å². The van der Waals surface area contributed by atoms with Crippen molar-refractivity contribution in [1.29, 1.82) is 0 Å². The lowest BCUT2D eigenvalue weighted by molar-refractivity contribution is 0.0950. The van der Waals surface area contributed by atoms with Crippen molar-refractivity contribution >= 4 is 23.3 Å². The SMILES string of the molecule is CCCNc1cc(C(=O)NCc2ccnn2C)cc(Cl)n1. The third kappa shape index (κ3) is 4.19. The van der Waals surface area contributed by atoms with Crippen molar-refractivity contribution in [2.75, 3.05) is 11.9 Å². The summed E-state index contributed by atoms with van der Waals surface area (Å²) in [5.41, 5.74) is 1.41. The zero-order valence-electron chi connectivity index (χ0n) is 12.1. The van der Waals surface area contributed by atoms with Gasteiger partial charge in [-0.25, -0.2) is 4.98 Å². The van der Waals surface area contributed by atoms with E-state index in [2.05, 4.69) is 27.6 Å². The second-order valence-electron chi connectivity index (χ2n) is 4.62. The molecule has 0 aliphatic carbocycles. The Morgan fingerprint density at radius 3 is 2.90 bits per heavy atom. The Balaban J connectivity index is 2.04. The number of carbonyl (C=O) groups excluding carboxylic acids is 1. The molecule has 0 aliphatic heterocycles. The second kappa shape index (κ2) is 7.08. The minimum Gasteiger partial charge on any atom is -0.370 e. The fourth-order valence-electron chi connectivity index (χ4n) is 1.82. The van der Waals surface area contributed by atoms with Gasteiger partial charge in [0.25, 0.3) is 5.91 Å². The van der Waals surface area contributed by atoms with E-state index in [1.54, 1.807) is 23.0 Å². The molecule has 2 heterocycles. The van der Waals surface area contributed by atoms with Gasteiger partial charge in [-0.15, -0.1) is 0 Å². The summed E-state index contributed by atoms with van der Waals surface area (Å²) in [6.07, 6.45) is 2.66. The molecule has 2 aromatic heterocycles. The predicted molar refractivity (Wildman–Crippen MR) is 82.4 cm³/mol. The largest absolute Gasteiger partial charge is 0.370 e. The van der Waals surface area contributed by atoms with Crippen LogP contribution in [0.1, 0.15) is 29.4 Å². The highest BCUT2D eigenvalue weighted by Gasteiger charge is 2.10. The Hall–Kier alpha value is -2.08. The smallest absolute Gasteiger partial charge is 0.251 e. The summed E-state index contributed by atoms with van der Waals surface area (Å²) in [7, 11) is 1.83. The minimum absolute atomic E-state index is 0.194. The van der Waals surface area contributed by atoms with Crippen LogP contribution in [0, 0.1) is 0 Å². The Labute approximate surface area is 128 Å². The van der Waals surface area contributed by atoms with Gasteiger partial charge in [-0.1, -0.05) is 18.5 Å². The van der Waals surface area contributed by atoms with Gasteiger partial charge in [0.2, 0.25) is 0 Å². The van der Waals surface area contributed by atoms with Crippen molar-refractivity contribution < 1.29 is 4.79 Å². The number of nitrogens with one attached hydrogen (secondary N) is 2. The summed E-state index contributed by atoms with van der Waals surface area (Å²) in [6.45, 7) is 3.25. The molecule has 0 radical (unpaired) electrons. The van der Waals surface area contributed by atoms with Crippen LogP contribution < -0.4 is 10.6 Å². The van der Waals surface area contributed by atoms with Crippen LogP contribution in [-0.4, -0.2) is 27.2 Å². The van der Waals surface area contributed by atoms with E-state index in [1.165, 1.54) is 0 Å². The van der Waals surface area contributed by atoms with Crippen molar-refractivity contribution in [1.82, 2.24) is 20.1 Å². The minimum atomic E-state index is -0.194. The van der Waals surface area contributed by atoms with Crippen LogP contribution in [0.4, 0.5) is 5.82 Å². The summed E-state index contributed by atoms with van der Waals surface area (Å²) in [4.78, 5) is 16.3. The predicted octanol–water partition coefficient (Wildman–Crippen LogP) is 2.22. The van der Waals surface area contributed by atoms with E-state index in [0.717, 1.165) is 18.7 Å². The van der Waals surface area contributed by atoms with Gasteiger partial charge < -0.3 is 10.6 Å². The molecule has 2 aromatic rings. The number of halogens is 1. The van der Waals surface area contributed by atoms with Crippen LogP contribution in [0.25, 0.3) is 0 Å². The van der Waals surface area contributed by atoms with E-state index in [9.17, 15) is 4.79 Å². The van der Waals surface area contributed by atoms with E-state index in [4.69, 9.17) is 11.6 Å². The number of aromatic nitrogens is 3. The Kier molecular flexibility index (Phi) is 5.16. The number of hydrogen-bond acceptors (Lipinski definition) is 4. The third-order valence-electron chi connectivity index (χ3n) is 2.96. The average molecular weight is 308 g/mol. The van der Waals surface area contributed by atoms with Crippen LogP contribution in [0.3, 0.4) is 0 Å². The van der Waals surface area contributed by atoms with Crippen LogP contribution in [0.5, 0.6) is 0 Å². The maximum atomic E-state index is 12.2. The number of amides is 1. The lowest BCUT2D eigenvalue weighted by Crippen LogP contribution is -2.24. The van der Waals surface area contributed by atoms with E-state index in [-0.39, 0.29) is 5.91 Å². The fraction of sp³-hybridized carbons (Fsp3) is 0.357. The van der Waals surface area contributed by atoms with Crippen LogP contribution in [0.15, 0.2) is 24.4 Å². The first-order valence-corrected chi connectivity index (χ1v) is 7.14. The molecule has 21 heavy (non-hydrogen) atoms. The van der Waals surface area contributed by atoms with Crippen LogP contribution >= 0.6 is 11.6 Å². The molecule has 112 valence electrons. The van der Waals surface area contributed by atoms with E-state index < -0.39 is 0 Å². The lowest BCUT2D eigenvalue weighted by Gasteiger charge is -2.09. The number of rotatable bonds is 6. The highest BCUT2D eigenvalue weighted by molar-refractivity contribution is 6.29. The Morgan fingerprint density at radius 1 is 1.43 bits per heavy atom. The molecular formula is C14H18ClN5O. The molecule has 6 nitrogen and oxygen atoms in total. The number of pyridine rings is 1. The van der Waals surface area contributed by atoms with Crippen molar-refractivity contribution in [3.8, 4) is 0 Å². The molecule has 0 saturated heterocycles. The van der Waals surface area contributed by atoms with Crippen LogP contribution in [0.2, 0.25) is 5.15 Å². The second-order valence-corrected chi connectivity index (χ2v) is 5.01. The molecule has 0 unspecified atom stereocenters. The van der Waals surface area contributed by atoms with Gasteiger partial charge in [0, 0.05) is 25.4 Å². The lowest BCUT2D eigenvalue weighted by atomic mass is 10.2. The zero-order valence-corrected chi connectivity index (χ0v) is 12.8. The normalized spacial score (nSPS) is 10.4. The van der Waals surface area contributed by atoms with E-state index >= 15 is 0 Å². The molecule has 0 bridgehead atoms. The molecule has 7 heteroatoms. The molecule has 2 N–H and O–H groups in total. The first-order valence-electron chi connectivity index (χ1n) is 6.76. The zero-order chi connectivity index (χ0) is 15.2. The topological polar surface area (TPSA) is 71.8 Å². The van der Waals surface area contributed by atoms with Crippen molar-refractivity contribution in [2.45, 2.75) is 19.9 Å². The number of aryl methyl sites for hydroxylation is 1. The van der Waals surface area contributed by atoms with Gasteiger partial charge in [-0.3, -0.25) is 9.48 Å². The molecule has 2 rings (SSSR count). The maximum Gasteiger partial charge on any atom is 0.251 e. The molecule has 0 spiro atoms. The molecule has 0 aliphatic rings. The maximum absolute atomic E-state index is 12.2. The third-order valence-corrected chi connectivity index (χ3v) is 3.16. The molecule has 1 amide bonds. The van der Waals surface area contributed by atoms with Gasteiger partial charge in [0.15, 0.2) is 0 Å². The highest BCUT2D eigenvalue weighted by atomic mass is 35.5. The molecule has 0 aromatic carbocycles. The first kappa shape index (κ1) is 15.3. The first-order chi connectivity index (χ1) is 10.1. The molecule has 0 fully saturated rings. The molecule has 0 atom stereocenters. The summed E-state index contributed by atoms with van der Waals surface area (Å²) in [6, 6.07) is 5.10. The van der Waals surface area contributed by atoms with Gasteiger partial charge in [-0.2, -0.15) is 5.10 Å². The van der Waals surface area contributed by atoms with Gasteiger partial charge in [0.05, 0.1) is 12.2 Å². The Morgan fingerprint density at radius 2 is 2.24 bits per heavy atom. The Bertz CT molecular complexity index is 626. The number of hydrogen-bond donors (Lipinski definition) is 2. The van der Waals surface area contributed by atoms with Gasteiger partial charge in [-0.05, 0) is 24.6 Å². The molecular weight excluding hydrogens is 290 g/mol. The van der Waals surface area contributed by atoms with Gasteiger partial charge >= 0.3 is 0 Å². The summed E-state index contributed by atoms with van der Waals surface area (Å²) < 4.78 is 1.72. The van der Waals surface area contributed by atoms with Crippen molar-refractivity contribution in [2.24, 2.45) is 7.05 Å².